The lowest BCUT2D eigenvalue weighted by Crippen LogP contribution is -2.38. The fraction of sp³-hybridized carbons (Fsp3) is 0.391. The molecular formula is C23H26F2N2O4. The van der Waals surface area contributed by atoms with Gasteiger partial charge in [0, 0.05) is 11.6 Å². The van der Waals surface area contributed by atoms with Gasteiger partial charge in [-0.15, -0.1) is 0 Å². The highest BCUT2D eigenvalue weighted by atomic mass is 19.1. The molecule has 0 radical (unpaired) electrons. The first-order valence-electron chi connectivity index (χ1n) is 10.2. The molecule has 6 nitrogen and oxygen atoms in total. The first-order chi connectivity index (χ1) is 14.9. The third kappa shape index (κ3) is 6.16. The van der Waals surface area contributed by atoms with Crippen LogP contribution in [0.2, 0.25) is 0 Å². The van der Waals surface area contributed by atoms with Gasteiger partial charge >= 0.3 is 0 Å². The second-order valence-corrected chi connectivity index (χ2v) is 7.56. The van der Waals surface area contributed by atoms with Gasteiger partial charge in [0.15, 0.2) is 11.5 Å². The van der Waals surface area contributed by atoms with Crippen LogP contribution in [0.3, 0.4) is 0 Å². The van der Waals surface area contributed by atoms with E-state index in [2.05, 4.69) is 10.6 Å². The van der Waals surface area contributed by atoms with E-state index in [9.17, 15) is 18.4 Å². The Kier molecular flexibility index (Phi) is 7.44. The molecule has 166 valence electrons. The van der Waals surface area contributed by atoms with Crippen LogP contribution in [-0.2, 0) is 4.79 Å². The molecule has 3 rings (SSSR count). The lowest BCUT2D eigenvalue weighted by atomic mass is 10.1. The fourth-order valence-corrected chi connectivity index (χ4v) is 3.56. The monoisotopic (exact) mass is 432 g/mol. The third-order valence-corrected chi connectivity index (χ3v) is 5.20. The standard InChI is InChI=1S/C23H26F2N2O4/c1-14(15-7-8-20(21(11-15)30-2)31-19-5-3-4-6-19)27-22(28)13-26-23(29)16-9-17(24)12-18(25)10-16/h7-12,14,19H,3-6,13H2,1-2H3,(H,26,29)(H,27,28). The lowest BCUT2D eigenvalue weighted by molar-refractivity contribution is -0.120. The summed E-state index contributed by atoms with van der Waals surface area (Å²) >= 11 is 0. The number of carbonyl (C=O) groups is 2. The lowest BCUT2D eigenvalue weighted by Gasteiger charge is -2.19. The molecule has 2 aromatic carbocycles. The molecule has 1 aliphatic carbocycles. The van der Waals surface area contributed by atoms with Gasteiger partial charge in [0.2, 0.25) is 5.91 Å². The van der Waals surface area contributed by atoms with E-state index in [1.807, 2.05) is 18.2 Å². The second-order valence-electron chi connectivity index (χ2n) is 7.56. The molecule has 0 aliphatic heterocycles. The van der Waals surface area contributed by atoms with Crippen molar-refractivity contribution in [1.82, 2.24) is 10.6 Å². The van der Waals surface area contributed by atoms with Crippen LogP contribution in [0.25, 0.3) is 0 Å². The van der Waals surface area contributed by atoms with E-state index in [1.54, 1.807) is 14.0 Å². The predicted octanol–water partition coefficient (Wildman–Crippen LogP) is 3.90. The average Bonchev–Trinajstić information content (AvgIpc) is 3.24. The number of amides is 2. The Labute approximate surface area is 179 Å². The molecule has 1 saturated carbocycles. The van der Waals surface area contributed by atoms with Crippen molar-refractivity contribution >= 4 is 11.8 Å². The molecule has 1 fully saturated rings. The van der Waals surface area contributed by atoms with Crippen molar-refractivity contribution < 1.29 is 27.8 Å². The molecule has 0 aromatic heterocycles. The number of halogens is 2. The number of nitrogens with one attached hydrogen (secondary N) is 2. The van der Waals surface area contributed by atoms with Crippen molar-refractivity contribution in [2.24, 2.45) is 0 Å². The maximum absolute atomic E-state index is 13.2. The van der Waals surface area contributed by atoms with E-state index in [1.165, 1.54) is 12.8 Å². The molecule has 0 heterocycles. The van der Waals surface area contributed by atoms with Gasteiger partial charge < -0.3 is 20.1 Å². The first-order valence-corrected chi connectivity index (χ1v) is 10.2. The van der Waals surface area contributed by atoms with Crippen LogP contribution in [0.4, 0.5) is 8.78 Å². The van der Waals surface area contributed by atoms with Gasteiger partial charge in [-0.3, -0.25) is 9.59 Å². The summed E-state index contributed by atoms with van der Waals surface area (Å²) in [5.74, 6) is -1.65. The van der Waals surface area contributed by atoms with Crippen LogP contribution in [0.5, 0.6) is 11.5 Å². The highest BCUT2D eigenvalue weighted by Crippen LogP contribution is 2.33. The SMILES string of the molecule is COc1cc(C(C)NC(=O)CNC(=O)c2cc(F)cc(F)c2)ccc1OC1CCCC1. The number of rotatable bonds is 8. The number of carbonyl (C=O) groups excluding carboxylic acids is 2. The molecule has 0 spiro atoms. The number of benzene rings is 2. The van der Waals surface area contributed by atoms with Gasteiger partial charge in [0.1, 0.15) is 11.6 Å². The molecular weight excluding hydrogens is 406 g/mol. The highest BCUT2D eigenvalue weighted by molar-refractivity contribution is 5.96. The number of methoxy groups -OCH3 is 1. The van der Waals surface area contributed by atoms with E-state index in [0.717, 1.165) is 30.5 Å². The van der Waals surface area contributed by atoms with Crippen molar-refractivity contribution in [3.05, 3.63) is 59.2 Å². The van der Waals surface area contributed by atoms with E-state index in [-0.39, 0.29) is 24.3 Å². The van der Waals surface area contributed by atoms with Gasteiger partial charge in [-0.05, 0) is 62.4 Å². The maximum atomic E-state index is 13.2. The largest absolute Gasteiger partial charge is 0.493 e. The first kappa shape index (κ1) is 22.5. The summed E-state index contributed by atoms with van der Waals surface area (Å²) in [6.07, 6.45) is 4.60. The molecule has 1 unspecified atom stereocenters. The van der Waals surface area contributed by atoms with Crippen LogP contribution < -0.4 is 20.1 Å². The van der Waals surface area contributed by atoms with E-state index in [0.29, 0.717) is 17.6 Å². The Balaban J connectivity index is 1.55. The highest BCUT2D eigenvalue weighted by Gasteiger charge is 2.20. The Morgan fingerprint density at radius 1 is 1.06 bits per heavy atom. The summed E-state index contributed by atoms with van der Waals surface area (Å²) in [5.41, 5.74) is 0.614. The average molecular weight is 432 g/mol. The maximum Gasteiger partial charge on any atom is 0.251 e. The molecule has 0 saturated heterocycles. The van der Waals surface area contributed by atoms with E-state index >= 15 is 0 Å². The number of ether oxygens (including phenoxy) is 2. The molecule has 2 amide bonds. The van der Waals surface area contributed by atoms with Crippen LogP contribution in [-0.4, -0.2) is 31.6 Å². The normalized spacial score (nSPS) is 14.7. The summed E-state index contributed by atoms with van der Waals surface area (Å²) in [4.78, 5) is 24.2. The van der Waals surface area contributed by atoms with Crippen LogP contribution in [0, 0.1) is 11.6 Å². The molecule has 1 aliphatic rings. The second kappa shape index (κ2) is 10.2. The van der Waals surface area contributed by atoms with Crippen LogP contribution >= 0.6 is 0 Å². The fourth-order valence-electron chi connectivity index (χ4n) is 3.56. The van der Waals surface area contributed by atoms with Gasteiger partial charge in [0.25, 0.3) is 5.91 Å². The van der Waals surface area contributed by atoms with Gasteiger partial charge in [0.05, 0.1) is 25.8 Å². The van der Waals surface area contributed by atoms with Crippen LogP contribution in [0.1, 0.15) is 54.6 Å². The third-order valence-electron chi connectivity index (χ3n) is 5.20. The summed E-state index contributed by atoms with van der Waals surface area (Å²) in [6.45, 7) is 1.47. The molecule has 1 atom stereocenters. The number of hydrogen-bond acceptors (Lipinski definition) is 4. The molecule has 2 aromatic rings. The van der Waals surface area contributed by atoms with Crippen molar-refractivity contribution in [2.75, 3.05) is 13.7 Å². The summed E-state index contributed by atoms with van der Waals surface area (Å²) in [7, 11) is 1.56. The zero-order chi connectivity index (χ0) is 22.4. The van der Waals surface area contributed by atoms with Gasteiger partial charge in [-0.2, -0.15) is 0 Å². The van der Waals surface area contributed by atoms with Crippen molar-refractivity contribution in [1.29, 1.82) is 0 Å². The zero-order valence-corrected chi connectivity index (χ0v) is 17.5. The van der Waals surface area contributed by atoms with E-state index < -0.39 is 23.4 Å². The molecule has 0 bridgehead atoms. The molecule has 8 heteroatoms. The zero-order valence-electron chi connectivity index (χ0n) is 17.5. The Morgan fingerprint density at radius 2 is 1.74 bits per heavy atom. The smallest absolute Gasteiger partial charge is 0.251 e. The minimum Gasteiger partial charge on any atom is -0.493 e. The van der Waals surface area contributed by atoms with Gasteiger partial charge in [-0.1, -0.05) is 6.07 Å². The van der Waals surface area contributed by atoms with Crippen molar-refractivity contribution in [3.8, 4) is 11.5 Å². The van der Waals surface area contributed by atoms with Gasteiger partial charge in [-0.25, -0.2) is 8.78 Å². The quantitative estimate of drug-likeness (QED) is 0.663. The Morgan fingerprint density at radius 3 is 2.39 bits per heavy atom. The summed E-state index contributed by atoms with van der Waals surface area (Å²) in [5, 5.41) is 5.12. The van der Waals surface area contributed by atoms with E-state index in [4.69, 9.17) is 9.47 Å². The minimum atomic E-state index is -0.863. The van der Waals surface area contributed by atoms with Crippen molar-refractivity contribution in [3.63, 3.8) is 0 Å². The molecule has 2 N–H and O–H groups in total. The molecule has 31 heavy (non-hydrogen) atoms. The number of hydrogen-bond donors (Lipinski definition) is 2. The minimum absolute atomic E-state index is 0.194. The Hall–Kier alpha value is -3.16. The predicted molar refractivity (Wildman–Crippen MR) is 111 cm³/mol. The summed E-state index contributed by atoms with van der Waals surface area (Å²) < 4.78 is 37.9. The summed E-state index contributed by atoms with van der Waals surface area (Å²) in [6, 6.07) is 7.61. The Bertz CT molecular complexity index is 925. The van der Waals surface area contributed by atoms with Crippen LogP contribution in [0.15, 0.2) is 36.4 Å². The topological polar surface area (TPSA) is 76.7 Å². The van der Waals surface area contributed by atoms with Crippen molar-refractivity contribution in [2.45, 2.75) is 44.8 Å².